The summed E-state index contributed by atoms with van der Waals surface area (Å²) >= 11 is 0. The first kappa shape index (κ1) is 18.1. The molecule has 0 amide bonds. The molecule has 0 radical (unpaired) electrons. The van der Waals surface area contributed by atoms with Crippen LogP contribution in [0.5, 0.6) is 0 Å². The van der Waals surface area contributed by atoms with Crippen molar-refractivity contribution in [2.24, 2.45) is 4.99 Å². The van der Waals surface area contributed by atoms with Gasteiger partial charge in [0.05, 0.1) is 31.6 Å². The zero-order chi connectivity index (χ0) is 14.2. The Morgan fingerprint density at radius 3 is 3.10 bits per heavy atom. The van der Waals surface area contributed by atoms with Crippen molar-refractivity contribution in [1.82, 2.24) is 15.2 Å². The van der Waals surface area contributed by atoms with E-state index < -0.39 is 0 Å². The number of morpholine rings is 1. The number of pyridine rings is 1. The van der Waals surface area contributed by atoms with Crippen LogP contribution in [-0.2, 0) is 16.0 Å². The largest absolute Gasteiger partial charge is 0.382 e. The van der Waals surface area contributed by atoms with Crippen molar-refractivity contribution in [3.05, 3.63) is 30.1 Å². The molecule has 1 saturated heterocycles. The Hall–Kier alpha value is -0.930. The Bertz CT molecular complexity index is 428. The summed E-state index contributed by atoms with van der Waals surface area (Å²) in [5.41, 5.74) is 0.996. The standard InChI is InChI=1S/C14H22N4O2.HI/c1-15-14(17-9-12-5-3-4-6-16-12)18-7-8-20-13(10-18)11-19-2;/h3-6,13H,7-11H2,1-2H3,(H,15,17);1H. The number of guanidine groups is 1. The van der Waals surface area contributed by atoms with Gasteiger partial charge in [0.15, 0.2) is 5.96 Å². The quantitative estimate of drug-likeness (QED) is 0.462. The minimum Gasteiger partial charge on any atom is -0.382 e. The van der Waals surface area contributed by atoms with Crippen molar-refractivity contribution < 1.29 is 9.47 Å². The lowest BCUT2D eigenvalue weighted by molar-refractivity contribution is -0.0447. The first-order valence-electron chi connectivity index (χ1n) is 6.79. The molecular formula is C14H23IN4O2. The Balaban J connectivity index is 0.00000220. The first-order valence-corrected chi connectivity index (χ1v) is 6.79. The highest BCUT2D eigenvalue weighted by atomic mass is 127. The van der Waals surface area contributed by atoms with Gasteiger partial charge < -0.3 is 19.7 Å². The summed E-state index contributed by atoms with van der Waals surface area (Å²) < 4.78 is 10.8. The summed E-state index contributed by atoms with van der Waals surface area (Å²) in [4.78, 5) is 10.8. The zero-order valence-corrected chi connectivity index (χ0v) is 14.8. The molecule has 1 fully saturated rings. The molecule has 0 saturated carbocycles. The number of methoxy groups -OCH3 is 1. The monoisotopic (exact) mass is 406 g/mol. The van der Waals surface area contributed by atoms with Crippen LogP contribution in [0.25, 0.3) is 0 Å². The van der Waals surface area contributed by atoms with E-state index >= 15 is 0 Å². The number of nitrogens with one attached hydrogen (secondary N) is 1. The molecule has 1 aliphatic rings. The van der Waals surface area contributed by atoms with Crippen molar-refractivity contribution in [2.45, 2.75) is 12.6 Å². The van der Waals surface area contributed by atoms with Crippen LogP contribution < -0.4 is 5.32 Å². The van der Waals surface area contributed by atoms with E-state index in [0.717, 1.165) is 24.7 Å². The van der Waals surface area contributed by atoms with Crippen LogP contribution in [0.15, 0.2) is 29.4 Å². The van der Waals surface area contributed by atoms with E-state index in [1.807, 2.05) is 18.2 Å². The van der Waals surface area contributed by atoms with Crippen molar-refractivity contribution in [3.8, 4) is 0 Å². The molecule has 2 heterocycles. The van der Waals surface area contributed by atoms with Crippen LogP contribution in [0.2, 0.25) is 0 Å². The fourth-order valence-electron chi connectivity index (χ4n) is 2.20. The first-order chi connectivity index (χ1) is 9.83. The molecular weight excluding hydrogens is 383 g/mol. The number of rotatable bonds is 4. The van der Waals surface area contributed by atoms with Gasteiger partial charge in [-0.25, -0.2) is 0 Å². The molecule has 0 aromatic carbocycles. The van der Waals surface area contributed by atoms with Crippen molar-refractivity contribution >= 4 is 29.9 Å². The van der Waals surface area contributed by atoms with Crippen molar-refractivity contribution in [2.75, 3.05) is 40.5 Å². The summed E-state index contributed by atoms with van der Waals surface area (Å²) in [6.07, 6.45) is 1.89. The van der Waals surface area contributed by atoms with Gasteiger partial charge in [-0.2, -0.15) is 0 Å². The van der Waals surface area contributed by atoms with Gasteiger partial charge in [0.25, 0.3) is 0 Å². The highest BCUT2D eigenvalue weighted by Crippen LogP contribution is 2.06. The number of nitrogens with zero attached hydrogens (tertiary/aromatic N) is 3. The summed E-state index contributed by atoms with van der Waals surface area (Å²) in [5.74, 6) is 0.875. The lowest BCUT2D eigenvalue weighted by Gasteiger charge is -2.34. The fraction of sp³-hybridized carbons (Fsp3) is 0.571. The summed E-state index contributed by atoms with van der Waals surface area (Å²) in [7, 11) is 3.48. The zero-order valence-electron chi connectivity index (χ0n) is 12.5. The molecule has 0 aliphatic carbocycles. The third-order valence-corrected chi connectivity index (χ3v) is 3.16. The molecule has 118 valence electrons. The van der Waals surface area contributed by atoms with Crippen molar-refractivity contribution in [1.29, 1.82) is 0 Å². The highest BCUT2D eigenvalue weighted by Gasteiger charge is 2.22. The number of hydrogen-bond acceptors (Lipinski definition) is 4. The van der Waals surface area contributed by atoms with Gasteiger partial charge in [0, 0.05) is 33.4 Å². The maximum Gasteiger partial charge on any atom is 0.194 e. The number of hydrogen-bond donors (Lipinski definition) is 1. The summed E-state index contributed by atoms with van der Waals surface area (Å²) in [5, 5.41) is 3.34. The molecule has 6 nitrogen and oxygen atoms in total. The normalized spacial score (nSPS) is 19.0. The van der Waals surface area contributed by atoms with E-state index in [-0.39, 0.29) is 30.1 Å². The molecule has 21 heavy (non-hydrogen) atoms. The second-order valence-electron chi connectivity index (χ2n) is 4.62. The molecule has 2 rings (SSSR count). The Kier molecular flexibility index (Phi) is 8.55. The number of halogens is 1. The van der Waals surface area contributed by atoms with E-state index in [2.05, 4.69) is 20.2 Å². The Morgan fingerprint density at radius 1 is 1.57 bits per heavy atom. The fourth-order valence-corrected chi connectivity index (χ4v) is 2.20. The maximum atomic E-state index is 5.64. The SMILES string of the molecule is CN=C(NCc1ccccn1)N1CCOC(COC)C1.I. The van der Waals surface area contributed by atoms with Crippen LogP contribution in [-0.4, -0.2) is 62.4 Å². The highest BCUT2D eigenvalue weighted by molar-refractivity contribution is 14.0. The number of aliphatic imine (C=N–C) groups is 1. The third-order valence-electron chi connectivity index (χ3n) is 3.16. The molecule has 1 atom stereocenters. The van der Waals surface area contributed by atoms with Crippen LogP contribution in [0.1, 0.15) is 5.69 Å². The molecule has 1 aliphatic heterocycles. The maximum absolute atomic E-state index is 5.64. The van der Waals surface area contributed by atoms with Crippen LogP contribution in [0.4, 0.5) is 0 Å². The van der Waals surface area contributed by atoms with Gasteiger partial charge >= 0.3 is 0 Å². The van der Waals surface area contributed by atoms with Crippen LogP contribution >= 0.6 is 24.0 Å². The van der Waals surface area contributed by atoms with Crippen molar-refractivity contribution in [3.63, 3.8) is 0 Å². The second-order valence-corrected chi connectivity index (χ2v) is 4.62. The van der Waals surface area contributed by atoms with Crippen LogP contribution in [0, 0.1) is 0 Å². The van der Waals surface area contributed by atoms with Gasteiger partial charge in [-0.1, -0.05) is 6.07 Å². The predicted octanol–water partition coefficient (Wildman–Crippen LogP) is 1.12. The molecule has 7 heteroatoms. The molecule has 1 aromatic rings. The van der Waals surface area contributed by atoms with Gasteiger partial charge in [-0.3, -0.25) is 9.98 Å². The van der Waals surface area contributed by atoms with Gasteiger partial charge in [0.1, 0.15) is 0 Å². The smallest absolute Gasteiger partial charge is 0.194 e. The minimum absolute atomic E-state index is 0. The molecule has 1 unspecified atom stereocenters. The van der Waals surface area contributed by atoms with E-state index in [9.17, 15) is 0 Å². The van der Waals surface area contributed by atoms with Gasteiger partial charge in [-0.05, 0) is 12.1 Å². The van der Waals surface area contributed by atoms with E-state index in [1.165, 1.54) is 0 Å². The van der Waals surface area contributed by atoms with Gasteiger partial charge in [-0.15, -0.1) is 24.0 Å². The number of ether oxygens (including phenoxy) is 2. The topological polar surface area (TPSA) is 59.0 Å². The molecule has 1 aromatic heterocycles. The lowest BCUT2D eigenvalue weighted by atomic mass is 10.3. The molecule has 0 bridgehead atoms. The van der Waals surface area contributed by atoms with E-state index in [4.69, 9.17) is 9.47 Å². The average molecular weight is 406 g/mol. The average Bonchev–Trinajstić information content (AvgIpc) is 2.50. The Morgan fingerprint density at radius 2 is 2.43 bits per heavy atom. The lowest BCUT2D eigenvalue weighted by Crippen LogP contribution is -2.51. The predicted molar refractivity (Wildman–Crippen MR) is 93.0 cm³/mol. The number of aromatic nitrogens is 1. The van der Waals surface area contributed by atoms with E-state index in [1.54, 1.807) is 20.4 Å². The Labute approximate surface area is 143 Å². The van der Waals surface area contributed by atoms with Gasteiger partial charge in [0.2, 0.25) is 0 Å². The molecule has 0 spiro atoms. The minimum atomic E-state index is 0. The second kappa shape index (κ2) is 9.91. The molecule has 1 N–H and O–H groups in total. The van der Waals surface area contributed by atoms with E-state index in [0.29, 0.717) is 19.8 Å². The third kappa shape index (κ3) is 5.76. The van der Waals surface area contributed by atoms with Crippen LogP contribution in [0.3, 0.4) is 0 Å². The summed E-state index contributed by atoms with van der Waals surface area (Å²) in [6.45, 7) is 3.59. The summed E-state index contributed by atoms with van der Waals surface area (Å²) in [6, 6.07) is 5.89.